The molecule has 2 N–H and O–H groups in total. The Hall–Kier alpha value is -4.85. The number of aliphatic hydroxyl groups excluding tert-OH is 1. The lowest BCUT2D eigenvalue weighted by Gasteiger charge is -2.45. The van der Waals surface area contributed by atoms with Crippen molar-refractivity contribution in [3.63, 3.8) is 0 Å². The smallest absolute Gasteiger partial charge is 0.339 e. The monoisotopic (exact) mass is 700 g/mol. The fourth-order valence-corrected chi connectivity index (χ4v) is 5.00. The normalized spacial score (nSPS) is 29.4. The highest BCUT2D eigenvalue weighted by Gasteiger charge is 2.56. The Labute approximate surface area is 278 Å². The molecule has 0 spiro atoms. The molecule has 1 aromatic carbocycles. The molecule has 0 bridgehead atoms. The predicted molar refractivity (Wildman–Crippen MR) is 153 cm³/mol. The van der Waals surface area contributed by atoms with Gasteiger partial charge in [-0.2, -0.15) is 0 Å². The molecule has 2 aliphatic rings. The number of ether oxygens (including phenoxy) is 10. The number of hydrogen-bond donors (Lipinski definition) is 2. The molecule has 0 aromatic heterocycles. The highest BCUT2D eigenvalue weighted by Crippen LogP contribution is 2.33. The van der Waals surface area contributed by atoms with Crippen LogP contribution in [0.4, 0.5) is 0 Å². The molecule has 10 atom stereocenters. The van der Waals surface area contributed by atoms with Crippen LogP contribution < -0.4 is 4.74 Å². The van der Waals surface area contributed by atoms with E-state index in [4.69, 9.17) is 47.4 Å². The van der Waals surface area contributed by atoms with Crippen molar-refractivity contribution in [2.75, 3.05) is 13.7 Å². The lowest BCUT2D eigenvalue weighted by atomic mass is 9.97. The quantitative estimate of drug-likeness (QED) is 0.204. The Bertz CT molecular complexity index is 1390. The Morgan fingerprint density at radius 3 is 1.65 bits per heavy atom. The van der Waals surface area contributed by atoms with Gasteiger partial charge in [0.15, 0.2) is 49.0 Å². The van der Waals surface area contributed by atoms with Gasteiger partial charge in [0.05, 0.1) is 19.3 Å². The average Bonchev–Trinajstić information content (AvgIpc) is 3.00. The van der Waals surface area contributed by atoms with E-state index in [0.717, 1.165) is 41.7 Å². The summed E-state index contributed by atoms with van der Waals surface area (Å²) in [6.07, 6.45) is -16.7. The third kappa shape index (κ3) is 10.3. The van der Waals surface area contributed by atoms with Gasteiger partial charge in [-0.1, -0.05) is 0 Å². The molecule has 2 fully saturated rings. The number of carboxylic acid groups (broad SMARTS) is 1. The molecular formula is C30H36O19. The zero-order valence-corrected chi connectivity index (χ0v) is 27.1. The predicted octanol–water partition coefficient (Wildman–Crippen LogP) is -0.578. The Kier molecular flexibility index (Phi) is 13.4. The number of aromatic carboxylic acids is 1. The molecule has 0 radical (unpaired) electrons. The molecule has 2 heterocycles. The van der Waals surface area contributed by atoms with Crippen molar-refractivity contribution in [1.82, 2.24) is 0 Å². The van der Waals surface area contributed by atoms with Crippen molar-refractivity contribution in [1.29, 1.82) is 0 Å². The van der Waals surface area contributed by atoms with Crippen LogP contribution in [0.2, 0.25) is 0 Å². The van der Waals surface area contributed by atoms with Crippen LogP contribution in [0, 0.1) is 0 Å². The number of rotatable bonds is 12. The van der Waals surface area contributed by atoms with Gasteiger partial charge in [0.25, 0.3) is 0 Å². The van der Waals surface area contributed by atoms with Gasteiger partial charge in [-0.15, -0.1) is 0 Å². The third-order valence-corrected chi connectivity index (χ3v) is 6.83. The number of carboxylic acids is 1. The van der Waals surface area contributed by atoms with E-state index in [1.807, 2.05) is 0 Å². The summed E-state index contributed by atoms with van der Waals surface area (Å²) in [5.41, 5.74) is -0.0699. The maximum atomic E-state index is 12.8. The number of carbonyl (C=O) groups excluding carboxylic acids is 6. The largest absolute Gasteiger partial charge is 0.478 e. The summed E-state index contributed by atoms with van der Waals surface area (Å²) in [5.74, 6) is -6.83. The number of hydrogen-bond acceptors (Lipinski definition) is 18. The molecular weight excluding hydrogens is 664 g/mol. The maximum Gasteiger partial charge on any atom is 0.339 e. The van der Waals surface area contributed by atoms with Crippen molar-refractivity contribution in [2.24, 2.45) is 0 Å². The SMILES string of the molecule is COC(=O)[C@H]1O[C@@H](OC[C@H]2OC(Oc3ccc(C(=O)O)cc3)[C@H](O)[C@@H](OC(C)=O)[C@H]2OC(C)=O)[C@H](OC(C)=O)[C@@H](OC(C)=O)[C@@H]1OC(C)=O. The zero-order valence-electron chi connectivity index (χ0n) is 27.1. The average molecular weight is 701 g/mol. The standard InChI is InChI=1S/C30H36O19/c1-12(31)42-21-19(48-29(20(36)22(21)43-13(2)32)47-18-9-7-17(8-10-18)27(37)38)11-41-30-26(46-16(5)35)24(45-15(4)34)23(44-14(3)33)25(49-30)28(39)40-6/h7-10,19-26,29-30,36H,11H2,1-6H3,(H,37,38)/t19-,20-,21+,22-,23+,24+,25+,26-,29?,30-/m1/s1. The molecule has 19 nitrogen and oxygen atoms in total. The zero-order chi connectivity index (χ0) is 36.6. The molecule has 2 aliphatic heterocycles. The molecule has 270 valence electrons. The highest BCUT2D eigenvalue weighted by atomic mass is 16.8. The minimum Gasteiger partial charge on any atom is -0.478 e. The van der Waals surface area contributed by atoms with Crippen LogP contribution in [-0.2, 0) is 71.4 Å². The molecule has 3 rings (SSSR count). The van der Waals surface area contributed by atoms with E-state index >= 15 is 0 Å². The molecule has 49 heavy (non-hydrogen) atoms. The summed E-state index contributed by atoms with van der Waals surface area (Å²) < 4.78 is 54.4. The first-order chi connectivity index (χ1) is 23.0. The van der Waals surface area contributed by atoms with E-state index in [2.05, 4.69) is 0 Å². The summed E-state index contributed by atoms with van der Waals surface area (Å²) in [6, 6.07) is 4.97. The van der Waals surface area contributed by atoms with E-state index < -0.39 is 110 Å². The topological polar surface area (TPSA) is 252 Å². The summed E-state index contributed by atoms with van der Waals surface area (Å²) in [5, 5.41) is 20.3. The van der Waals surface area contributed by atoms with Crippen molar-refractivity contribution in [2.45, 2.75) is 96.0 Å². The second-order valence-electron chi connectivity index (χ2n) is 10.6. The van der Waals surface area contributed by atoms with Crippen LogP contribution >= 0.6 is 0 Å². The van der Waals surface area contributed by atoms with Crippen molar-refractivity contribution >= 4 is 41.8 Å². The fraction of sp³-hybridized carbons (Fsp3) is 0.567. The van der Waals surface area contributed by atoms with Crippen LogP contribution in [0.15, 0.2) is 24.3 Å². The molecule has 0 aliphatic carbocycles. The van der Waals surface area contributed by atoms with Gasteiger partial charge in [-0.3, -0.25) is 24.0 Å². The van der Waals surface area contributed by atoms with Crippen LogP contribution in [-0.4, -0.2) is 127 Å². The van der Waals surface area contributed by atoms with Crippen LogP contribution in [0.5, 0.6) is 5.75 Å². The first-order valence-corrected chi connectivity index (χ1v) is 14.6. The van der Waals surface area contributed by atoms with Gasteiger partial charge >= 0.3 is 41.8 Å². The molecule has 0 amide bonds. The van der Waals surface area contributed by atoms with Crippen molar-refractivity contribution in [3.05, 3.63) is 29.8 Å². The summed E-state index contributed by atoms with van der Waals surface area (Å²) in [7, 11) is 1.00. The number of aliphatic hydroxyl groups is 1. The molecule has 1 unspecified atom stereocenters. The van der Waals surface area contributed by atoms with Crippen LogP contribution in [0.1, 0.15) is 45.0 Å². The maximum absolute atomic E-state index is 12.8. The molecule has 0 saturated carbocycles. The first kappa shape index (κ1) is 38.6. The molecule has 19 heteroatoms. The number of esters is 6. The lowest BCUT2D eigenvalue weighted by molar-refractivity contribution is -0.322. The van der Waals surface area contributed by atoms with E-state index in [1.165, 1.54) is 24.3 Å². The van der Waals surface area contributed by atoms with Crippen molar-refractivity contribution in [3.8, 4) is 5.75 Å². The first-order valence-electron chi connectivity index (χ1n) is 14.6. The summed E-state index contributed by atoms with van der Waals surface area (Å²) in [6.45, 7) is 4.38. The Morgan fingerprint density at radius 1 is 0.653 bits per heavy atom. The van der Waals surface area contributed by atoms with Crippen molar-refractivity contribution < 1.29 is 91.1 Å². The van der Waals surface area contributed by atoms with E-state index in [-0.39, 0.29) is 11.3 Å². The minimum absolute atomic E-state index is 0.0217. The van der Waals surface area contributed by atoms with Gasteiger partial charge < -0.3 is 57.6 Å². The van der Waals surface area contributed by atoms with Gasteiger partial charge in [-0.25, -0.2) is 9.59 Å². The Morgan fingerprint density at radius 2 is 1.14 bits per heavy atom. The van der Waals surface area contributed by atoms with E-state index in [0.29, 0.717) is 0 Å². The summed E-state index contributed by atoms with van der Waals surface area (Å²) >= 11 is 0. The van der Waals surface area contributed by atoms with Gasteiger partial charge in [0.2, 0.25) is 6.29 Å². The van der Waals surface area contributed by atoms with Gasteiger partial charge in [-0.05, 0) is 24.3 Å². The van der Waals surface area contributed by atoms with Crippen LogP contribution in [0.3, 0.4) is 0 Å². The second kappa shape index (κ2) is 17.0. The third-order valence-electron chi connectivity index (χ3n) is 6.83. The number of carbonyl (C=O) groups is 7. The van der Waals surface area contributed by atoms with E-state index in [1.54, 1.807) is 0 Å². The number of methoxy groups -OCH3 is 1. The van der Waals surface area contributed by atoms with Gasteiger partial charge in [0, 0.05) is 34.6 Å². The summed E-state index contributed by atoms with van der Waals surface area (Å²) in [4.78, 5) is 84.3. The second-order valence-corrected chi connectivity index (χ2v) is 10.6. The highest BCUT2D eigenvalue weighted by molar-refractivity contribution is 5.87. The van der Waals surface area contributed by atoms with Gasteiger partial charge in [0.1, 0.15) is 11.9 Å². The fourth-order valence-electron chi connectivity index (χ4n) is 5.00. The number of benzene rings is 1. The minimum atomic E-state index is -1.79. The Balaban J connectivity index is 2.00. The van der Waals surface area contributed by atoms with E-state index in [9.17, 15) is 43.8 Å². The van der Waals surface area contributed by atoms with Crippen LogP contribution in [0.25, 0.3) is 0 Å². The molecule has 2 saturated heterocycles. The lowest BCUT2D eigenvalue weighted by Crippen LogP contribution is -2.65. The molecule has 1 aromatic rings.